The van der Waals surface area contributed by atoms with Crippen molar-refractivity contribution in [1.29, 1.82) is 0 Å². The van der Waals surface area contributed by atoms with E-state index in [1.165, 1.54) is 12.5 Å². The molecule has 3 rings (SSSR count). The molecular weight excluding hydrogens is 304 g/mol. The van der Waals surface area contributed by atoms with Gasteiger partial charge in [-0.05, 0) is 37.3 Å². The van der Waals surface area contributed by atoms with Crippen molar-refractivity contribution in [2.45, 2.75) is 20.4 Å². The Labute approximate surface area is 139 Å². The van der Waals surface area contributed by atoms with Gasteiger partial charge in [0.1, 0.15) is 0 Å². The smallest absolute Gasteiger partial charge is 0.247 e. The van der Waals surface area contributed by atoms with E-state index in [4.69, 9.17) is 4.42 Å². The van der Waals surface area contributed by atoms with Gasteiger partial charge in [0.05, 0.1) is 6.54 Å². The average Bonchev–Trinajstić information content (AvgIpc) is 3.02. The van der Waals surface area contributed by atoms with Crippen LogP contribution in [0, 0.1) is 6.92 Å². The first kappa shape index (κ1) is 15.7. The lowest BCUT2D eigenvalue weighted by Crippen LogP contribution is -2.06. The maximum absolute atomic E-state index is 11.1. The van der Waals surface area contributed by atoms with Crippen molar-refractivity contribution in [1.82, 2.24) is 10.2 Å². The number of aromatic nitrogens is 2. The minimum atomic E-state index is -0.105. The largest absolute Gasteiger partial charge is 0.419 e. The number of carbonyl (C=O) groups is 1. The average molecular weight is 322 g/mol. The molecule has 0 aliphatic rings. The molecule has 0 unspecified atom stereocenters. The highest BCUT2D eigenvalue weighted by atomic mass is 16.4. The van der Waals surface area contributed by atoms with Gasteiger partial charge in [-0.25, -0.2) is 0 Å². The second kappa shape index (κ2) is 6.95. The Hall–Kier alpha value is -3.15. The molecule has 0 atom stereocenters. The summed E-state index contributed by atoms with van der Waals surface area (Å²) in [6.45, 7) is 3.91. The second-order valence-electron chi connectivity index (χ2n) is 5.48. The number of nitrogens with one attached hydrogen (secondary N) is 2. The molecule has 1 amide bonds. The minimum absolute atomic E-state index is 0.105. The van der Waals surface area contributed by atoms with Crippen LogP contribution in [0.15, 0.2) is 52.9 Å². The summed E-state index contributed by atoms with van der Waals surface area (Å²) in [6.07, 6.45) is 0. The standard InChI is InChI=1S/C18H18N4O2/c1-12-6-8-14(9-7-12)18-22-21-17(24-18)11-19-15-4-3-5-16(10-15)20-13(2)23/h3-10,19H,11H2,1-2H3,(H,20,23). The Bertz CT molecular complexity index is 840. The zero-order valence-corrected chi connectivity index (χ0v) is 13.5. The Morgan fingerprint density at radius 1 is 1.08 bits per heavy atom. The number of carbonyl (C=O) groups excluding carboxylic acids is 1. The van der Waals surface area contributed by atoms with Crippen molar-refractivity contribution in [3.05, 3.63) is 60.0 Å². The zero-order chi connectivity index (χ0) is 16.9. The molecule has 0 aliphatic carbocycles. The summed E-state index contributed by atoms with van der Waals surface area (Å²) < 4.78 is 5.67. The number of hydrogen-bond acceptors (Lipinski definition) is 5. The monoisotopic (exact) mass is 322 g/mol. The van der Waals surface area contributed by atoms with Crippen LogP contribution in [-0.2, 0) is 11.3 Å². The minimum Gasteiger partial charge on any atom is -0.419 e. The molecule has 6 nitrogen and oxygen atoms in total. The van der Waals surface area contributed by atoms with E-state index in [0.29, 0.717) is 18.3 Å². The number of nitrogens with zero attached hydrogens (tertiary/aromatic N) is 2. The number of anilines is 2. The second-order valence-corrected chi connectivity index (χ2v) is 5.48. The highest BCUT2D eigenvalue weighted by molar-refractivity contribution is 5.89. The van der Waals surface area contributed by atoms with Gasteiger partial charge < -0.3 is 15.1 Å². The Kier molecular flexibility index (Phi) is 4.56. The molecule has 0 fully saturated rings. The van der Waals surface area contributed by atoms with Gasteiger partial charge in [0.2, 0.25) is 17.7 Å². The van der Waals surface area contributed by atoms with E-state index in [2.05, 4.69) is 20.8 Å². The molecule has 0 saturated carbocycles. The summed E-state index contributed by atoms with van der Waals surface area (Å²) >= 11 is 0. The summed E-state index contributed by atoms with van der Waals surface area (Å²) in [4.78, 5) is 11.1. The molecule has 3 aromatic rings. The van der Waals surface area contributed by atoms with E-state index < -0.39 is 0 Å². The third kappa shape index (κ3) is 3.98. The van der Waals surface area contributed by atoms with Gasteiger partial charge in [0.25, 0.3) is 0 Å². The molecule has 2 N–H and O–H groups in total. The number of rotatable bonds is 5. The predicted molar refractivity (Wildman–Crippen MR) is 92.5 cm³/mol. The molecule has 2 aromatic carbocycles. The Morgan fingerprint density at radius 2 is 1.83 bits per heavy atom. The van der Waals surface area contributed by atoms with Crippen molar-refractivity contribution in [2.75, 3.05) is 10.6 Å². The topological polar surface area (TPSA) is 80.0 Å². The van der Waals surface area contributed by atoms with E-state index in [-0.39, 0.29) is 5.91 Å². The van der Waals surface area contributed by atoms with Gasteiger partial charge in [-0.2, -0.15) is 0 Å². The summed E-state index contributed by atoms with van der Waals surface area (Å²) in [5, 5.41) is 14.1. The number of aryl methyl sites for hydroxylation is 1. The fraction of sp³-hybridized carbons (Fsp3) is 0.167. The maximum Gasteiger partial charge on any atom is 0.247 e. The van der Waals surface area contributed by atoms with Gasteiger partial charge in [0.15, 0.2) is 0 Å². The predicted octanol–water partition coefficient (Wildman–Crippen LogP) is 3.62. The summed E-state index contributed by atoms with van der Waals surface area (Å²) in [7, 11) is 0. The van der Waals surface area contributed by atoms with Crippen LogP contribution in [0.5, 0.6) is 0 Å². The first-order chi connectivity index (χ1) is 11.6. The molecule has 0 spiro atoms. The van der Waals surface area contributed by atoms with Gasteiger partial charge in [-0.15, -0.1) is 10.2 Å². The number of hydrogen-bond donors (Lipinski definition) is 2. The lowest BCUT2D eigenvalue weighted by atomic mass is 10.1. The third-order valence-corrected chi connectivity index (χ3v) is 3.39. The van der Waals surface area contributed by atoms with Crippen LogP contribution >= 0.6 is 0 Å². The van der Waals surface area contributed by atoms with Crippen molar-refractivity contribution < 1.29 is 9.21 Å². The van der Waals surface area contributed by atoms with E-state index in [1.807, 2.05) is 55.5 Å². The zero-order valence-electron chi connectivity index (χ0n) is 13.5. The molecule has 6 heteroatoms. The quantitative estimate of drug-likeness (QED) is 0.750. The summed E-state index contributed by atoms with van der Waals surface area (Å²) in [5.41, 5.74) is 3.67. The van der Waals surface area contributed by atoms with Gasteiger partial charge in [0, 0.05) is 23.9 Å². The van der Waals surface area contributed by atoms with Crippen LogP contribution in [0.25, 0.3) is 11.5 Å². The molecule has 0 aliphatic heterocycles. The summed E-state index contributed by atoms with van der Waals surface area (Å²) in [5.74, 6) is 0.890. The van der Waals surface area contributed by atoms with E-state index in [1.54, 1.807) is 0 Å². The van der Waals surface area contributed by atoms with E-state index in [9.17, 15) is 4.79 Å². The van der Waals surface area contributed by atoms with Crippen molar-refractivity contribution in [2.24, 2.45) is 0 Å². The molecular formula is C18H18N4O2. The highest BCUT2D eigenvalue weighted by Gasteiger charge is 2.08. The SMILES string of the molecule is CC(=O)Nc1cccc(NCc2nnc(-c3ccc(C)cc3)o2)c1. The van der Waals surface area contributed by atoms with Gasteiger partial charge >= 0.3 is 0 Å². The van der Waals surface area contributed by atoms with Crippen LogP contribution < -0.4 is 10.6 Å². The fourth-order valence-corrected chi connectivity index (χ4v) is 2.23. The number of amides is 1. The van der Waals surface area contributed by atoms with Crippen LogP contribution in [0.3, 0.4) is 0 Å². The van der Waals surface area contributed by atoms with E-state index >= 15 is 0 Å². The molecule has 0 saturated heterocycles. The molecule has 0 radical (unpaired) electrons. The van der Waals surface area contributed by atoms with Crippen LogP contribution in [0.4, 0.5) is 11.4 Å². The molecule has 122 valence electrons. The Balaban J connectivity index is 1.65. The third-order valence-electron chi connectivity index (χ3n) is 3.39. The highest BCUT2D eigenvalue weighted by Crippen LogP contribution is 2.19. The maximum atomic E-state index is 11.1. The molecule has 0 bridgehead atoms. The fourth-order valence-electron chi connectivity index (χ4n) is 2.23. The van der Waals surface area contributed by atoms with E-state index in [0.717, 1.165) is 16.9 Å². The van der Waals surface area contributed by atoms with Crippen LogP contribution in [0.1, 0.15) is 18.4 Å². The van der Waals surface area contributed by atoms with Crippen molar-refractivity contribution in [3.63, 3.8) is 0 Å². The normalized spacial score (nSPS) is 10.4. The molecule has 1 aromatic heterocycles. The molecule has 24 heavy (non-hydrogen) atoms. The Morgan fingerprint density at radius 3 is 2.58 bits per heavy atom. The van der Waals surface area contributed by atoms with Crippen LogP contribution in [0.2, 0.25) is 0 Å². The van der Waals surface area contributed by atoms with Crippen LogP contribution in [-0.4, -0.2) is 16.1 Å². The van der Waals surface area contributed by atoms with Crippen molar-refractivity contribution >= 4 is 17.3 Å². The first-order valence-electron chi connectivity index (χ1n) is 7.61. The lowest BCUT2D eigenvalue weighted by Gasteiger charge is -2.06. The van der Waals surface area contributed by atoms with Gasteiger partial charge in [-0.1, -0.05) is 23.8 Å². The molecule has 1 heterocycles. The van der Waals surface area contributed by atoms with Gasteiger partial charge in [-0.3, -0.25) is 4.79 Å². The summed E-state index contributed by atoms with van der Waals surface area (Å²) in [6, 6.07) is 15.4. The lowest BCUT2D eigenvalue weighted by molar-refractivity contribution is -0.114. The van der Waals surface area contributed by atoms with Crippen molar-refractivity contribution in [3.8, 4) is 11.5 Å². The first-order valence-corrected chi connectivity index (χ1v) is 7.61. The number of benzene rings is 2.